The molecule has 0 spiro atoms. The number of carbonyl (C=O) groups is 1. The molecule has 1 fully saturated rings. The molecule has 3 aromatic carbocycles. The summed E-state index contributed by atoms with van der Waals surface area (Å²) in [4.78, 5) is 12.4. The van der Waals surface area contributed by atoms with Crippen LogP contribution < -0.4 is 9.47 Å². The molecule has 0 radical (unpaired) electrons. The lowest BCUT2D eigenvalue weighted by Crippen LogP contribution is -2.20. The zero-order chi connectivity index (χ0) is 25.8. The Morgan fingerprint density at radius 3 is 2.08 bits per heavy atom. The first-order valence-corrected chi connectivity index (χ1v) is 11.8. The highest BCUT2D eigenvalue weighted by atomic mass is 19.2. The molecule has 1 aliphatic carbocycles. The maximum absolute atomic E-state index is 15.0. The molecule has 3 aromatic rings. The molecular formula is C28H26F4O4. The van der Waals surface area contributed by atoms with Crippen molar-refractivity contribution in [2.45, 2.75) is 44.6 Å². The van der Waals surface area contributed by atoms with Gasteiger partial charge in [0.1, 0.15) is 0 Å². The Kier molecular flexibility index (Phi) is 7.94. The molecule has 8 heteroatoms. The molecular weight excluding hydrogens is 476 g/mol. The number of methoxy groups -OCH3 is 1. The van der Waals surface area contributed by atoms with Crippen LogP contribution in [0.1, 0.15) is 54.4 Å². The fourth-order valence-electron chi connectivity index (χ4n) is 4.52. The van der Waals surface area contributed by atoms with Crippen LogP contribution in [0.5, 0.6) is 11.5 Å². The van der Waals surface area contributed by atoms with Gasteiger partial charge in [0.15, 0.2) is 23.1 Å². The van der Waals surface area contributed by atoms with Gasteiger partial charge in [-0.15, -0.1) is 0 Å². The van der Waals surface area contributed by atoms with E-state index >= 15 is 0 Å². The molecule has 1 aliphatic rings. The van der Waals surface area contributed by atoms with Crippen molar-refractivity contribution in [3.8, 4) is 22.6 Å². The standard InChI is InChI=1S/C28H26F4O4/c1-3-35-22-14-15-23(27(32)26(22)31)36-28(33)18-6-4-16(5-7-18)20-12-13-21(25(30)24(20)29)17-8-10-19(34-2)11-9-17/h4-7,12-15,17,19H,3,8-11H2,1-2H3. The van der Waals surface area contributed by atoms with E-state index in [1.807, 2.05) is 0 Å². The van der Waals surface area contributed by atoms with Crippen molar-refractivity contribution >= 4 is 5.97 Å². The van der Waals surface area contributed by atoms with E-state index in [9.17, 15) is 22.4 Å². The van der Waals surface area contributed by atoms with Crippen LogP contribution in [-0.4, -0.2) is 25.8 Å². The van der Waals surface area contributed by atoms with Crippen LogP contribution in [0.4, 0.5) is 17.6 Å². The first kappa shape index (κ1) is 25.7. The minimum Gasteiger partial charge on any atom is -0.491 e. The van der Waals surface area contributed by atoms with Gasteiger partial charge in [-0.1, -0.05) is 24.3 Å². The number of carbonyl (C=O) groups excluding carboxylic acids is 1. The number of benzene rings is 3. The normalized spacial score (nSPS) is 17.6. The molecule has 0 heterocycles. The van der Waals surface area contributed by atoms with E-state index in [0.29, 0.717) is 11.1 Å². The van der Waals surface area contributed by atoms with Crippen LogP contribution in [0.15, 0.2) is 48.5 Å². The summed E-state index contributed by atoms with van der Waals surface area (Å²) >= 11 is 0. The molecule has 190 valence electrons. The van der Waals surface area contributed by atoms with E-state index in [0.717, 1.165) is 37.8 Å². The van der Waals surface area contributed by atoms with Crippen LogP contribution >= 0.6 is 0 Å². The van der Waals surface area contributed by atoms with E-state index in [1.54, 1.807) is 20.1 Å². The van der Waals surface area contributed by atoms with Crippen molar-refractivity contribution in [3.63, 3.8) is 0 Å². The quantitative estimate of drug-likeness (QED) is 0.195. The van der Waals surface area contributed by atoms with Gasteiger partial charge in [-0.2, -0.15) is 8.78 Å². The van der Waals surface area contributed by atoms with Crippen LogP contribution in [0.25, 0.3) is 11.1 Å². The predicted molar refractivity (Wildman–Crippen MR) is 126 cm³/mol. The Morgan fingerprint density at radius 2 is 1.44 bits per heavy atom. The molecule has 0 aromatic heterocycles. The number of esters is 1. The molecule has 0 atom stereocenters. The fourth-order valence-corrected chi connectivity index (χ4v) is 4.52. The number of hydrogen-bond acceptors (Lipinski definition) is 4. The topological polar surface area (TPSA) is 44.8 Å². The average Bonchev–Trinajstić information content (AvgIpc) is 2.90. The van der Waals surface area contributed by atoms with Crippen LogP contribution in [-0.2, 0) is 4.74 Å². The first-order valence-electron chi connectivity index (χ1n) is 11.8. The Hall–Kier alpha value is -3.39. The van der Waals surface area contributed by atoms with Crippen molar-refractivity contribution in [1.29, 1.82) is 0 Å². The van der Waals surface area contributed by atoms with Gasteiger partial charge in [0.05, 0.1) is 18.3 Å². The SMILES string of the molecule is CCOc1ccc(OC(=O)c2ccc(-c3ccc(C4CCC(OC)CC4)c(F)c3F)cc2)c(F)c1F. The van der Waals surface area contributed by atoms with Gasteiger partial charge in [-0.25, -0.2) is 13.6 Å². The van der Waals surface area contributed by atoms with Gasteiger partial charge in [0.25, 0.3) is 0 Å². The van der Waals surface area contributed by atoms with Gasteiger partial charge in [-0.3, -0.25) is 0 Å². The molecule has 0 saturated heterocycles. The lowest BCUT2D eigenvalue weighted by Gasteiger charge is -2.28. The highest BCUT2D eigenvalue weighted by Gasteiger charge is 2.26. The van der Waals surface area contributed by atoms with Gasteiger partial charge < -0.3 is 14.2 Å². The summed E-state index contributed by atoms with van der Waals surface area (Å²) in [5.74, 6) is -6.31. The minimum absolute atomic E-state index is 0.0276. The summed E-state index contributed by atoms with van der Waals surface area (Å²) in [5.41, 5.74) is 0.799. The Morgan fingerprint density at radius 1 is 0.806 bits per heavy atom. The second kappa shape index (κ2) is 11.1. The van der Waals surface area contributed by atoms with Crippen LogP contribution in [0.2, 0.25) is 0 Å². The largest absolute Gasteiger partial charge is 0.491 e. The van der Waals surface area contributed by atoms with Crippen molar-refractivity contribution in [2.75, 3.05) is 13.7 Å². The Bertz CT molecular complexity index is 1240. The molecule has 4 rings (SSSR count). The van der Waals surface area contributed by atoms with Crippen LogP contribution in [0.3, 0.4) is 0 Å². The highest BCUT2D eigenvalue weighted by molar-refractivity contribution is 5.91. The molecule has 0 bridgehead atoms. The van der Waals surface area contributed by atoms with E-state index < -0.39 is 35.0 Å². The molecule has 0 unspecified atom stereocenters. The number of hydrogen-bond donors (Lipinski definition) is 0. The van der Waals surface area contributed by atoms with Crippen LogP contribution in [0, 0.1) is 23.3 Å². The third-order valence-corrected chi connectivity index (χ3v) is 6.51. The third-order valence-electron chi connectivity index (χ3n) is 6.51. The van der Waals surface area contributed by atoms with E-state index in [4.69, 9.17) is 14.2 Å². The predicted octanol–water partition coefficient (Wildman–Crippen LogP) is 7.20. The zero-order valence-corrected chi connectivity index (χ0v) is 20.0. The van der Waals surface area contributed by atoms with Crippen molar-refractivity contribution < 1.29 is 36.6 Å². The summed E-state index contributed by atoms with van der Waals surface area (Å²) in [5, 5.41) is 0. The van der Waals surface area contributed by atoms with Crippen molar-refractivity contribution in [1.82, 2.24) is 0 Å². The van der Waals surface area contributed by atoms with Crippen molar-refractivity contribution in [3.05, 3.63) is 82.9 Å². The number of ether oxygens (including phenoxy) is 3. The van der Waals surface area contributed by atoms with Gasteiger partial charge in [0.2, 0.25) is 11.6 Å². The second-order valence-corrected chi connectivity index (χ2v) is 8.63. The number of halogens is 4. The van der Waals surface area contributed by atoms with E-state index in [1.165, 1.54) is 30.3 Å². The highest BCUT2D eigenvalue weighted by Crippen LogP contribution is 2.37. The molecule has 1 saturated carbocycles. The molecule has 4 nitrogen and oxygen atoms in total. The van der Waals surface area contributed by atoms with E-state index in [-0.39, 0.29) is 35.5 Å². The van der Waals surface area contributed by atoms with Crippen molar-refractivity contribution in [2.24, 2.45) is 0 Å². The second-order valence-electron chi connectivity index (χ2n) is 8.63. The zero-order valence-electron chi connectivity index (χ0n) is 20.0. The molecule has 0 aliphatic heterocycles. The molecule has 0 amide bonds. The molecule has 0 N–H and O–H groups in total. The van der Waals surface area contributed by atoms with Gasteiger partial charge in [0, 0.05) is 12.7 Å². The maximum atomic E-state index is 15.0. The number of rotatable bonds is 7. The summed E-state index contributed by atoms with van der Waals surface area (Å²) in [6, 6.07) is 11.0. The molecule has 36 heavy (non-hydrogen) atoms. The summed E-state index contributed by atoms with van der Waals surface area (Å²) < 4.78 is 73.5. The summed E-state index contributed by atoms with van der Waals surface area (Å²) in [6.07, 6.45) is 3.21. The maximum Gasteiger partial charge on any atom is 0.343 e. The minimum atomic E-state index is -1.35. The lowest BCUT2D eigenvalue weighted by molar-refractivity contribution is 0.0655. The van der Waals surface area contributed by atoms with E-state index in [2.05, 4.69) is 0 Å². The summed E-state index contributed by atoms with van der Waals surface area (Å²) in [6.45, 7) is 1.77. The lowest BCUT2D eigenvalue weighted by atomic mass is 9.82. The summed E-state index contributed by atoms with van der Waals surface area (Å²) in [7, 11) is 1.66. The Labute approximate surface area is 206 Å². The monoisotopic (exact) mass is 502 g/mol. The average molecular weight is 503 g/mol. The fraction of sp³-hybridized carbons (Fsp3) is 0.321. The smallest absolute Gasteiger partial charge is 0.343 e. The Balaban J connectivity index is 1.49. The first-order chi connectivity index (χ1) is 17.3. The van der Waals surface area contributed by atoms with Gasteiger partial charge in [-0.05, 0) is 73.9 Å². The van der Waals surface area contributed by atoms with Gasteiger partial charge >= 0.3 is 5.97 Å². The third kappa shape index (κ3) is 5.23.